The third-order valence-electron chi connectivity index (χ3n) is 5.07. The van der Waals surface area contributed by atoms with Gasteiger partial charge in [-0.15, -0.1) is 0 Å². The number of benzene rings is 3. The standard InChI is InChI=1S/C25H23NO3/c1-16(20-14-23(27-2)25(29-4)24(15-20)28-3)17-9-7-10-18(12-17)22-13-19-8-5-6-11-21(19)26-22/h5-15,26H,1H2,2-4H3. The number of H-pyrrole nitrogens is 1. The van der Waals surface area contributed by atoms with Crippen molar-refractivity contribution in [2.24, 2.45) is 0 Å². The van der Waals surface area contributed by atoms with E-state index in [0.29, 0.717) is 17.2 Å². The zero-order chi connectivity index (χ0) is 20.4. The zero-order valence-electron chi connectivity index (χ0n) is 16.8. The molecule has 1 N–H and O–H groups in total. The summed E-state index contributed by atoms with van der Waals surface area (Å²) >= 11 is 0. The Labute approximate surface area is 170 Å². The maximum Gasteiger partial charge on any atom is 0.203 e. The molecular weight excluding hydrogens is 362 g/mol. The van der Waals surface area contributed by atoms with Crippen molar-refractivity contribution in [2.45, 2.75) is 0 Å². The van der Waals surface area contributed by atoms with Gasteiger partial charge in [-0.25, -0.2) is 0 Å². The number of ether oxygens (including phenoxy) is 3. The van der Waals surface area contributed by atoms with Crippen LogP contribution in [0.4, 0.5) is 0 Å². The predicted molar refractivity (Wildman–Crippen MR) is 118 cm³/mol. The Morgan fingerprint density at radius 1 is 0.759 bits per heavy atom. The third-order valence-corrected chi connectivity index (χ3v) is 5.07. The number of hydrogen-bond acceptors (Lipinski definition) is 3. The third kappa shape index (κ3) is 3.45. The largest absolute Gasteiger partial charge is 0.493 e. The van der Waals surface area contributed by atoms with Crippen LogP contribution < -0.4 is 14.2 Å². The van der Waals surface area contributed by atoms with E-state index < -0.39 is 0 Å². The Balaban J connectivity index is 1.74. The van der Waals surface area contributed by atoms with Gasteiger partial charge in [0.05, 0.1) is 21.3 Å². The summed E-state index contributed by atoms with van der Waals surface area (Å²) in [6, 6.07) is 22.6. The predicted octanol–water partition coefficient (Wildman–Crippen LogP) is 5.92. The van der Waals surface area contributed by atoms with Crippen molar-refractivity contribution < 1.29 is 14.2 Å². The minimum atomic E-state index is 0.568. The van der Waals surface area contributed by atoms with E-state index in [4.69, 9.17) is 14.2 Å². The van der Waals surface area contributed by atoms with E-state index in [1.165, 1.54) is 5.39 Å². The summed E-state index contributed by atoms with van der Waals surface area (Å²) in [6.07, 6.45) is 0. The molecule has 4 rings (SSSR count). The first kappa shape index (κ1) is 18.7. The van der Waals surface area contributed by atoms with Crippen LogP contribution in [0.3, 0.4) is 0 Å². The Hall–Kier alpha value is -3.66. The van der Waals surface area contributed by atoms with E-state index in [9.17, 15) is 0 Å². The van der Waals surface area contributed by atoms with Gasteiger partial charge < -0.3 is 19.2 Å². The lowest BCUT2D eigenvalue weighted by molar-refractivity contribution is 0.324. The van der Waals surface area contributed by atoms with Crippen LogP contribution in [-0.4, -0.2) is 26.3 Å². The summed E-state index contributed by atoms with van der Waals surface area (Å²) in [5.74, 6) is 1.78. The molecule has 0 atom stereocenters. The second-order valence-electron chi connectivity index (χ2n) is 6.74. The number of methoxy groups -OCH3 is 3. The molecule has 0 aliphatic heterocycles. The monoisotopic (exact) mass is 385 g/mol. The maximum atomic E-state index is 5.48. The van der Waals surface area contributed by atoms with Crippen LogP contribution in [0.2, 0.25) is 0 Å². The van der Waals surface area contributed by atoms with Crippen molar-refractivity contribution >= 4 is 16.5 Å². The lowest BCUT2D eigenvalue weighted by Crippen LogP contribution is -1.97. The molecule has 0 unspecified atom stereocenters. The van der Waals surface area contributed by atoms with Gasteiger partial charge in [-0.05, 0) is 52.6 Å². The lowest BCUT2D eigenvalue weighted by Gasteiger charge is -2.15. The number of nitrogens with one attached hydrogen (secondary N) is 1. The first-order valence-electron chi connectivity index (χ1n) is 9.32. The molecule has 0 aliphatic carbocycles. The van der Waals surface area contributed by atoms with Gasteiger partial charge in [0.2, 0.25) is 5.75 Å². The number of aromatic amines is 1. The van der Waals surface area contributed by atoms with Crippen molar-refractivity contribution in [3.63, 3.8) is 0 Å². The van der Waals surface area contributed by atoms with Crippen molar-refractivity contribution in [1.29, 1.82) is 0 Å². The molecule has 0 bridgehead atoms. The SMILES string of the molecule is C=C(c1cccc(-c2cc3ccccc3[nH]2)c1)c1cc(OC)c(OC)c(OC)c1. The number of rotatable bonds is 6. The Bertz CT molecular complexity index is 1130. The zero-order valence-corrected chi connectivity index (χ0v) is 16.8. The minimum Gasteiger partial charge on any atom is -0.493 e. The molecular formula is C25H23NO3. The van der Waals surface area contributed by atoms with E-state index in [1.807, 2.05) is 30.3 Å². The molecule has 0 saturated heterocycles. The smallest absolute Gasteiger partial charge is 0.203 e. The topological polar surface area (TPSA) is 43.5 Å². The molecule has 1 aromatic heterocycles. The molecule has 0 spiro atoms. The molecule has 0 aliphatic rings. The fourth-order valence-electron chi connectivity index (χ4n) is 3.53. The fourth-order valence-corrected chi connectivity index (χ4v) is 3.53. The van der Waals surface area contributed by atoms with Crippen LogP contribution in [0.5, 0.6) is 17.2 Å². The van der Waals surface area contributed by atoms with Gasteiger partial charge in [-0.1, -0.05) is 43.0 Å². The first-order valence-corrected chi connectivity index (χ1v) is 9.32. The van der Waals surface area contributed by atoms with Gasteiger partial charge in [0.25, 0.3) is 0 Å². The molecule has 0 saturated carbocycles. The van der Waals surface area contributed by atoms with Gasteiger partial charge in [0.1, 0.15) is 0 Å². The Kier molecular flexibility index (Phi) is 5.00. The van der Waals surface area contributed by atoms with E-state index >= 15 is 0 Å². The van der Waals surface area contributed by atoms with Crippen molar-refractivity contribution in [2.75, 3.05) is 21.3 Å². The second-order valence-corrected chi connectivity index (χ2v) is 6.74. The lowest BCUT2D eigenvalue weighted by atomic mass is 9.96. The van der Waals surface area contributed by atoms with Gasteiger partial charge in [-0.3, -0.25) is 0 Å². The molecule has 146 valence electrons. The van der Waals surface area contributed by atoms with Crippen LogP contribution >= 0.6 is 0 Å². The molecule has 0 fully saturated rings. The molecule has 3 aromatic carbocycles. The minimum absolute atomic E-state index is 0.568. The quantitative estimate of drug-likeness (QED) is 0.448. The average molecular weight is 385 g/mol. The number of para-hydroxylation sites is 1. The van der Waals surface area contributed by atoms with Crippen molar-refractivity contribution in [3.8, 4) is 28.5 Å². The van der Waals surface area contributed by atoms with E-state index in [-0.39, 0.29) is 0 Å². The molecule has 4 heteroatoms. The van der Waals surface area contributed by atoms with Crippen LogP contribution in [0, 0.1) is 0 Å². The molecule has 29 heavy (non-hydrogen) atoms. The Morgan fingerprint density at radius 3 is 2.14 bits per heavy atom. The maximum absolute atomic E-state index is 5.48. The molecule has 0 amide bonds. The molecule has 1 heterocycles. The summed E-state index contributed by atoms with van der Waals surface area (Å²) in [7, 11) is 4.82. The first-order chi connectivity index (χ1) is 14.1. The normalized spacial score (nSPS) is 10.7. The highest BCUT2D eigenvalue weighted by Gasteiger charge is 2.15. The van der Waals surface area contributed by atoms with Crippen LogP contribution in [0.15, 0.2) is 73.3 Å². The van der Waals surface area contributed by atoms with Crippen LogP contribution in [0.1, 0.15) is 11.1 Å². The fraction of sp³-hybridized carbons (Fsp3) is 0.120. The number of hydrogen-bond donors (Lipinski definition) is 1. The Morgan fingerprint density at radius 2 is 1.48 bits per heavy atom. The van der Waals surface area contributed by atoms with Gasteiger partial charge >= 0.3 is 0 Å². The summed E-state index contributed by atoms with van der Waals surface area (Å²) in [6.45, 7) is 4.32. The highest BCUT2D eigenvalue weighted by Crippen LogP contribution is 2.41. The molecule has 4 aromatic rings. The summed E-state index contributed by atoms with van der Waals surface area (Å²) < 4.78 is 16.4. The van der Waals surface area contributed by atoms with Crippen molar-refractivity contribution in [1.82, 2.24) is 4.98 Å². The van der Waals surface area contributed by atoms with E-state index in [0.717, 1.165) is 33.5 Å². The molecule has 0 radical (unpaired) electrons. The van der Waals surface area contributed by atoms with Crippen LogP contribution in [-0.2, 0) is 0 Å². The van der Waals surface area contributed by atoms with Crippen LogP contribution in [0.25, 0.3) is 27.7 Å². The van der Waals surface area contributed by atoms with Crippen molar-refractivity contribution in [3.05, 3.63) is 84.4 Å². The summed E-state index contributed by atoms with van der Waals surface area (Å²) in [5.41, 5.74) is 6.11. The van der Waals surface area contributed by atoms with E-state index in [2.05, 4.69) is 48.0 Å². The molecule has 4 nitrogen and oxygen atoms in total. The average Bonchev–Trinajstić information content (AvgIpc) is 3.22. The highest BCUT2D eigenvalue weighted by atomic mass is 16.5. The highest BCUT2D eigenvalue weighted by molar-refractivity contribution is 5.87. The number of aromatic nitrogens is 1. The summed E-state index contributed by atoms with van der Waals surface area (Å²) in [4.78, 5) is 3.48. The number of fused-ring (bicyclic) bond motifs is 1. The summed E-state index contributed by atoms with van der Waals surface area (Å²) in [5, 5.41) is 1.19. The second kappa shape index (κ2) is 7.76. The van der Waals surface area contributed by atoms with Gasteiger partial charge in [0.15, 0.2) is 11.5 Å². The van der Waals surface area contributed by atoms with Gasteiger partial charge in [-0.2, -0.15) is 0 Å². The van der Waals surface area contributed by atoms with Gasteiger partial charge in [0, 0.05) is 16.6 Å². The van der Waals surface area contributed by atoms with E-state index in [1.54, 1.807) is 21.3 Å².